The molecule has 0 saturated carbocycles. The topological polar surface area (TPSA) is 53.4 Å². The average Bonchev–Trinajstić information content (AvgIpc) is 2.32. The number of benzene rings is 1. The third kappa shape index (κ3) is 1.90. The molecule has 2 heterocycles. The number of carboxylic acids is 1. The summed E-state index contributed by atoms with van der Waals surface area (Å²) in [5, 5.41) is 9.88. The highest BCUT2D eigenvalue weighted by Crippen LogP contribution is 2.31. The van der Waals surface area contributed by atoms with Crippen LogP contribution >= 0.6 is 0 Å². The number of aromatic nitrogens is 1. The first-order valence-electron chi connectivity index (χ1n) is 6.04. The van der Waals surface area contributed by atoms with Crippen LogP contribution in [0.2, 0.25) is 0 Å². The molecule has 4 heteroatoms. The number of carbonyl (C=O) groups is 1. The average molecular weight is 242 g/mol. The zero-order valence-electron chi connectivity index (χ0n) is 9.91. The molecule has 1 aromatic carbocycles. The minimum atomic E-state index is -0.709. The van der Waals surface area contributed by atoms with Crippen molar-refractivity contribution in [3.8, 4) is 0 Å². The molecule has 0 bridgehead atoms. The van der Waals surface area contributed by atoms with Gasteiger partial charge in [0, 0.05) is 36.3 Å². The number of fused-ring (bicyclic) bond motifs is 1. The molecule has 0 aliphatic carbocycles. The van der Waals surface area contributed by atoms with E-state index in [9.17, 15) is 4.79 Å². The summed E-state index contributed by atoms with van der Waals surface area (Å²) in [7, 11) is 0. The van der Waals surface area contributed by atoms with E-state index in [0.717, 1.165) is 29.7 Å². The summed E-state index contributed by atoms with van der Waals surface area (Å²) < 4.78 is 0. The van der Waals surface area contributed by atoms with Crippen LogP contribution < -0.4 is 4.90 Å². The molecule has 0 unspecified atom stereocenters. The lowest BCUT2D eigenvalue weighted by molar-refractivity contribution is -0.138. The van der Waals surface area contributed by atoms with Gasteiger partial charge in [0.2, 0.25) is 0 Å². The minimum Gasteiger partial charge on any atom is -0.481 e. The Morgan fingerprint density at radius 2 is 2.17 bits per heavy atom. The van der Waals surface area contributed by atoms with Gasteiger partial charge in [-0.05, 0) is 24.3 Å². The summed E-state index contributed by atoms with van der Waals surface area (Å²) in [5.74, 6) is -0.436. The van der Waals surface area contributed by atoms with Gasteiger partial charge in [-0.3, -0.25) is 9.78 Å². The Morgan fingerprint density at radius 3 is 2.94 bits per heavy atom. The van der Waals surface area contributed by atoms with E-state index < -0.39 is 5.97 Å². The van der Waals surface area contributed by atoms with Crippen molar-refractivity contribution >= 4 is 22.6 Å². The maximum atomic E-state index is 10.6. The molecule has 18 heavy (non-hydrogen) atoms. The zero-order chi connectivity index (χ0) is 12.5. The maximum Gasteiger partial charge on any atom is 0.303 e. The molecular weight excluding hydrogens is 228 g/mol. The first kappa shape index (κ1) is 11.0. The molecule has 0 radical (unpaired) electrons. The third-order valence-electron chi connectivity index (χ3n) is 3.38. The monoisotopic (exact) mass is 242 g/mol. The Hall–Kier alpha value is -2.10. The Balaban J connectivity index is 1.82. The smallest absolute Gasteiger partial charge is 0.303 e. The van der Waals surface area contributed by atoms with Gasteiger partial charge in [-0.1, -0.05) is 6.07 Å². The number of pyridine rings is 1. The third-order valence-corrected chi connectivity index (χ3v) is 3.38. The number of rotatable bonds is 3. The van der Waals surface area contributed by atoms with Gasteiger partial charge in [0.05, 0.1) is 11.9 Å². The molecule has 1 aliphatic rings. The summed E-state index contributed by atoms with van der Waals surface area (Å²) in [6.07, 6.45) is 2.05. The van der Waals surface area contributed by atoms with Gasteiger partial charge >= 0.3 is 5.97 Å². The van der Waals surface area contributed by atoms with Crippen LogP contribution in [0.3, 0.4) is 0 Å². The fourth-order valence-corrected chi connectivity index (χ4v) is 2.51. The highest BCUT2D eigenvalue weighted by molar-refractivity contribution is 5.92. The lowest BCUT2D eigenvalue weighted by Gasteiger charge is -2.41. The van der Waals surface area contributed by atoms with E-state index in [1.807, 2.05) is 18.2 Å². The fourth-order valence-electron chi connectivity index (χ4n) is 2.51. The predicted molar refractivity (Wildman–Crippen MR) is 69.7 cm³/mol. The first-order valence-corrected chi connectivity index (χ1v) is 6.04. The molecule has 1 N–H and O–H groups in total. The lowest BCUT2D eigenvalue weighted by Crippen LogP contribution is -2.47. The number of hydrogen-bond donors (Lipinski definition) is 1. The van der Waals surface area contributed by atoms with Crippen molar-refractivity contribution in [3.05, 3.63) is 36.5 Å². The number of hydrogen-bond acceptors (Lipinski definition) is 3. The van der Waals surface area contributed by atoms with E-state index in [2.05, 4.69) is 22.0 Å². The first-order chi connectivity index (χ1) is 8.74. The second-order valence-electron chi connectivity index (χ2n) is 4.72. The number of anilines is 1. The number of nitrogens with zero attached hydrogens (tertiary/aromatic N) is 2. The van der Waals surface area contributed by atoms with Crippen molar-refractivity contribution in [2.24, 2.45) is 5.92 Å². The number of aliphatic carboxylic acids is 1. The highest BCUT2D eigenvalue weighted by Gasteiger charge is 2.29. The Morgan fingerprint density at radius 1 is 1.33 bits per heavy atom. The fraction of sp³-hybridized carbons (Fsp3) is 0.286. The normalized spacial score (nSPS) is 15.7. The number of carboxylic acid groups (broad SMARTS) is 1. The molecule has 1 aromatic heterocycles. The molecule has 4 nitrogen and oxygen atoms in total. The van der Waals surface area contributed by atoms with Crippen LogP contribution in [0.25, 0.3) is 10.9 Å². The van der Waals surface area contributed by atoms with Gasteiger partial charge in [0.25, 0.3) is 0 Å². The standard InChI is InChI=1S/C14H14N2O2/c17-14(18)7-10-8-16(9-10)13-5-1-4-12-11(13)3-2-6-15-12/h1-6,10H,7-9H2,(H,17,18). The molecule has 0 atom stereocenters. The second-order valence-corrected chi connectivity index (χ2v) is 4.72. The van der Waals surface area contributed by atoms with Gasteiger partial charge in [-0.15, -0.1) is 0 Å². The minimum absolute atomic E-state index is 0.263. The molecule has 92 valence electrons. The predicted octanol–water partition coefficient (Wildman–Crippen LogP) is 2.15. The van der Waals surface area contributed by atoms with E-state index in [1.54, 1.807) is 6.20 Å². The van der Waals surface area contributed by atoms with Crippen LogP contribution in [0.5, 0.6) is 0 Å². The molecule has 2 aromatic rings. The summed E-state index contributed by atoms with van der Waals surface area (Å²) in [6.45, 7) is 1.64. The molecule has 1 aliphatic heterocycles. The SMILES string of the molecule is O=C(O)CC1CN(c2cccc3ncccc23)C1. The highest BCUT2D eigenvalue weighted by atomic mass is 16.4. The van der Waals surface area contributed by atoms with E-state index in [4.69, 9.17) is 5.11 Å². The Kier molecular flexibility index (Phi) is 2.63. The van der Waals surface area contributed by atoms with E-state index in [0.29, 0.717) is 0 Å². The van der Waals surface area contributed by atoms with Gasteiger partial charge in [0.15, 0.2) is 0 Å². The van der Waals surface area contributed by atoms with Gasteiger partial charge in [0.1, 0.15) is 0 Å². The Bertz CT molecular complexity index is 586. The van der Waals surface area contributed by atoms with E-state index in [-0.39, 0.29) is 12.3 Å². The van der Waals surface area contributed by atoms with Gasteiger partial charge in [-0.25, -0.2) is 0 Å². The molecular formula is C14H14N2O2. The molecule has 0 amide bonds. The zero-order valence-corrected chi connectivity index (χ0v) is 9.91. The van der Waals surface area contributed by atoms with Crippen molar-refractivity contribution < 1.29 is 9.90 Å². The van der Waals surface area contributed by atoms with E-state index in [1.165, 1.54) is 0 Å². The lowest BCUT2D eigenvalue weighted by atomic mass is 9.95. The van der Waals surface area contributed by atoms with Crippen LogP contribution in [0.1, 0.15) is 6.42 Å². The van der Waals surface area contributed by atoms with Crippen molar-refractivity contribution in [1.29, 1.82) is 0 Å². The van der Waals surface area contributed by atoms with Crippen LogP contribution in [0.15, 0.2) is 36.5 Å². The van der Waals surface area contributed by atoms with Crippen LogP contribution in [0.4, 0.5) is 5.69 Å². The quantitative estimate of drug-likeness (QED) is 0.896. The van der Waals surface area contributed by atoms with Crippen LogP contribution in [0, 0.1) is 5.92 Å². The molecule has 1 fully saturated rings. The van der Waals surface area contributed by atoms with Crippen molar-refractivity contribution in [2.75, 3.05) is 18.0 Å². The second kappa shape index (κ2) is 4.29. The van der Waals surface area contributed by atoms with Gasteiger partial charge in [-0.2, -0.15) is 0 Å². The summed E-state index contributed by atoms with van der Waals surface area (Å²) in [5.41, 5.74) is 2.14. The largest absolute Gasteiger partial charge is 0.481 e. The Labute approximate surface area is 105 Å². The van der Waals surface area contributed by atoms with Gasteiger partial charge < -0.3 is 10.0 Å². The summed E-state index contributed by atoms with van der Waals surface area (Å²) in [4.78, 5) is 17.2. The molecule has 0 spiro atoms. The summed E-state index contributed by atoms with van der Waals surface area (Å²) >= 11 is 0. The van der Waals surface area contributed by atoms with Crippen LogP contribution in [-0.2, 0) is 4.79 Å². The molecule has 3 rings (SSSR count). The molecule has 1 saturated heterocycles. The van der Waals surface area contributed by atoms with Crippen molar-refractivity contribution in [1.82, 2.24) is 4.98 Å². The van der Waals surface area contributed by atoms with Crippen molar-refractivity contribution in [3.63, 3.8) is 0 Å². The summed E-state index contributed by atoms with van der Waals surface area (Å²) in [6, 6.07) is 10.0. The van der Waals surface area contributed by atoms with Crippen LogP contribution in [-0.4, -0.2) is 29.1 Å². The maximum absolute atomic E-state index is 10.6. The van der Waals surface area contributed by atoms with E-state index >= 15 is 0 Å². The van der Waals surface area contributed by atoms with Crippen molar-refractivity contribution in [2.45, 2.75) is 6.42 Å².